The average Bonchev–Trinajstić information content (AvgIpc) is 3.43. The van der Waals surface area contributed by atoms with Crippen LogP contribution in [0.25, 0.3) is 54.6 Å². The number of nitrogens with zero attached hydrogens (tertiary/aromatic N) is 2. The minimum atomic E-state index is 0.00364. The predicted molar refractivity (Wildman–Crippen MR) is 310 cm³/mol. The Kier molecular flexibility index (Phi) is 12.2. The monoisotopic (exact) mass is 937 g/mol. The van der Waals surface area contributed by atoms with Crippen LogP contribution in [0.15, 0.2) is 188 Å². The Morgan fingerprint density at radius 3 is 1.24 bits per heavy atom. The van der Waals surface area contributed by atoms with Gasteiger partial charge >= 0.3 is 0 Å². The zero-order valence-electron chi connectivity index (χ0n) is 43.0. The summed E-state index contributed by atoms with van der Waals surface area (Å²) in [5, 5.41) is 7.74. The molecule has 72 heavy (non-hydrogen) atoms. The van der Waals surface area contributed by atoms with Crippen molar-refractivity contribution in [2.75, 3.05) is 9.80 Å². The van der Waals surface area contributed by atoms with Gasteiger partial charge in [-0.3, -0.25) is 0 Å². The van der Waals surface area contributed by atoms with Crippen molar-refractivity contribution >= 4 is 66.4 Å². The Morgan fingerprint density at radius 1 is 0.361 bits per heavy atom. The van der Waals surface area contributed by atoms with Crippen molar-refractivity contribution in [3.63, 3.8) is 0 Å². The summed E-state index contributed by atoms with van der Waals surface area (Å²) in [5.41, 5.74) is 18.8. The van der Waals surface area contributed by atoms with Crippen molar-refractivity contribution in [2.24, 2.45) is 0 Å². The summed E-state index contributed by atoms with van der Waals surface area (Å²) in [6.45, 7) is 11.6. The third-order valence-electron chi connectivity index (χ3n) is 16.5. The molecule has 2 aliphatic rings. The quantitative estimate of drug-likeness (QED) is 0.126. The van der Waals surface area contributed by atoms with Gasteiger partial charge in [-0.05, 0) is 165 Å². The highest BCUT2D eigenvalue weighted by atomic mass is 15.2. The van der Waals surface area contributed by atoms with Crippen molar-refractivity contribution in [2.45, 2.75) is 116 Å². The Balaban J connectivity index is 1.20. The lowest BCUT2D eigenvalue weighted by Crippen LogP contribution is -2.17. The number of aryl methyl sites for hydroxylation is 2. The number of hydrogen-bond donors (Lipinski definition) is 0. The van der Waals surface area contributed by atoms with Crippen molar-refractivity contribution in [3.05, 3.63) is 216 Å². The van der Waals surface area contributed by atoms with E-state index >= 15 is 0 Å². The number of benzene rings is 10. The van der Waals surface area contributed by atoms with Crippen LogP contribution in [0.5, 0.6) is 0 Å². The van der Waals surface area contributed by atoms with E-state index in [1.54, 1.807) is 0 Å². The summed E-state index contributed by atoms with van der Waals surface area (Å²) in [6.07, 6.45) is 12.9. The molecule has 12 rings (SSSR count). The van der Waals surface area contributed by atoms with Crippen LogP contribution in [0, 0.1) is 13.8 Å². The number of anilines is 6. The van der Waals surface area contributed by atoms with Crippen molar-refractivity contribution in [3.8, 4) is 22.3 Å². The SMILES string of the molecule is Cc1ccc(-c2ccccc2)cc1N(c1cccc(C2CCCCC2)c1)c1cc(N(c2cccc(C3CCCCC3)c2)c2cc(-c3ccccc3)ccc2C)c2ccc3cc(C(C)(C)C)cc4ccc1c2c43. The second-order valence-electron chi connectivity index (χ2n) is 22.3. The number of rotatable bonds is 10. The Morgan fingerprint density at radius 2 is 0.806 bits per heavy atom. The average molecular weight is 937 g/mol. The fraction of sp³-hybridized carbons (Fsp3) is 0.257. The van der Waals surface area contributed by atoms with Crippen LogP contribution in [-0.4, -0.2) is 0 Å². The molecule has 0 aliphatic heterocycles. The van der Waals surface area contributed by atoms with E-state index in [9.17, 15) is 0 Å². The molecule has 10 aromatic rings. The van der Waals surface area contributed by atoms with E-state index in [0.29, 0.717) is 11.8 Å². The lowest BCUT2D eigenvalue weighted by atomic mass is 9.82. The molecule has 0 atom stereocenters. The molecule has 0 heterocycles. The molecular weight excluding hydrogens is 869 g/mol. The summed E-state index contributed by atoms with van der Waals surface area (Å²) >= 11 is 0. The van der Waals surface area contributed by atoms with Gasteiger partial charge in [-0.25, -0.2) is 0 Å². The van der Waals surface area contributed by atoms with Crippen LogP contribution in [0.2, 0.25) is 0 Å². The van der Waals surface area contributed by atoms with Gasteiger partial charge in [0.05, 0.1) is 11.4 Å². The van der Waals surface area contributed by atoms with E-state index in [4.69, 9.17) is 0 Å². The fourth-order valence-electron chi connectivity index (χ4n) is 12.5. The molecule has 0 aromatic heterocycles. The Bertz CT molecular complexity index is 3330. The van der Waals surface area contributed by atoms with Gasteiger partial charge in [0.1, 0.15) is 0 Å². The van der Waals surface area contributed by atoms with Gasteiger partial charge in [0.2, 0.25) is 0 Å². The molecule has 0 amide bonds. The van der Waals surface area contributed by atoms with E-state index in [1.165, 1.54) is 181 Å². The van der Waals surface area contributed by atoms with Crippen molar-refractivity contribution in [1.29, 1.82) is 0 Å². The van der Waals surface area contributed by atoms with Gasteiger partial charge in [-0.15, -0.1) is 0 Å². The van der Waals surface area contributed by atoms with Gasteiger partial charge in [0.25, 0.3) is 0 Å². The predicted octanol–water partition coefficient (Wildman–Crippen LogP) is 20.9. The molecule has 0 saturated heterocycles. The van der Waals surface area contributed by atoms with Crippen molar-refractivity contribution < 1.29 is 0 Å². The smallest absolute Gasteiger partial charge is 0.0561 e. The third kappa shape index (κ3) is 8.63. The van der Waals surface area contributed by atoms with E-state index < -0.39 is 0 Å². The van der Waals surface area contributed by atoms with Crippen LogP contribution < -0.4 is 9.80 Å². The number of hydrogen-bond acceptors (Lipinski definition) is 2. The summed E-state index contributed by atoms with van der Waals surface area (Å²) in [5.74, 6) is 1.14. The molecule has 2 aliphatic carbocycles. The Labute approximate surface area is 428 Å². The maximum Gasteiger partial charge on any atom is 0.0561 e. The molecule has 0 radical (unpaired) electrons. The van der Waals surface area contributed by atoms with Gasteiger partial charge < -0.3 is 9.80 Å². The van der Waals surface area contributed by atoms with Gasteiger partial charge in [0, 0.05) is 38.9 Å². The molecule has 0 N–H and O–H groups in total. The molecule has 0 unspecified atom stereocenters. The lowest BCUT2D eigenvalue weighted by Gasteiger charge is -2.34. The first-order valence-electron chi connectivity index (χ1n) is 27.0. The first-order chi connectivity index (χ1) is 35.2. The van der Waals surface area contributed by atoms with E-state index in [2.05, 4.69) is 232 Å². The minimum absolute atomic E-state index is 0.00364. The van der Waals surface area contributed by atoms with Crippen LogP contribution in [-0.2, 0) is 5.41 Å². The molecule has 0 spiro atoms. The third-order valence-corrected chi connectivity index (χ3v) is 16.5. The zero-order valence-corrected chi connectivity index (χ0v) is 43.0. The molecule has 2 nitrogen and oxygen atoms in total. The van der Waals surface area contributed by atoms with Crippen LogP contribution in [0.4, 0.5) is 34.1 Å². The molecule has 2 heteroatoms. The van der Waals surface area contributed by atoms with E-state index in [-0.39, 0.29) is 5.41 Å². The highest BCUT2D eigenvalue weighted by Crippen LogP contribution is 2.53. The molecule has 0 bridgehead atoms. The first-order valence-corrected chi connectivity index (χ1v) is 27.0. The summed E-state index contributed by atoms with van der Waals surface area (Å²) < 4.78 is 0. The highest BCUT2D eigenvalue weighted by molar-refractivity contribution is 6.29. The lowest BCUT2D eigenvalue weighted by molar-refractivity contribution is 0.443. The largest absolute Gasteiger partial charge is 0.309 e. The van der Waals surface area contributed by atoms with Crippen LogP contribution >= 0.6 is 0 Å². The standard InChI is InChI=1S/C70H68N2/c1-47-32-34-55(51-24-14-8-15-25-51)44-64(47)71(60-30-18-28-53(42-60)49-20-10-6-11-21-49)66-46-67(63-39-37-58-41-59(70(3,4)5)40-57-36-38-62(66)69(63)68(57)58)72(61-31-19-29-54(43-61)50-22-12-7-13-23-50)65-45-56(35-33-48(65)2)52-26-16-9-17-27-52/h8-9,14-19,24-46,49-50H,6-7,10-13,20-23H2,1-5H3. The van der Waals surface area contributed by atoms with Gasteiger partial charge in [-0.1, -0.05) is 205 Å². The van der Waals surface area contributed by atoms with E-state index in [1.807, 2.05) is 0 Å². The normalized spacial score (nSPS) is 14.9. The molecule has 2 saturated carbocycles. The summed E-state index contributed by atoms with van der Waals surface area (Å²) in [6, 6.07) is 72.5. The minimum Gasteiger partial charge on any atom is -0.309 e. The summed E-state index contributed by atoms with van der Waals surface area (Å²) in [7, 11) is 0. The highest BCUT2D eigenvalue weighted by Gasteiger charge is 2.29. The molecule has 358 valence electrons. The maximum atomic E-state index is 2.63. The van der Waals surface area contributed by atoms with Crippen molar-refractivity contribution in [1.82, 2.24) is 0 Å². The van der Waals surface area contributed by atoms with E-state index in [0.717, 1.165) is 0 Å². The maximum absolute atomic E-state index is 2.63. The molecule has 2 fully saturated rings. The topological polar surface area (TPSA) is 6.48 Å². The fourth-order valence-corrected chi connectivity index (χ4v) is 12.5. The second kappa shape index (κ2) is 19.1. The zero-order chi connectivity index (χ0) is 48.9. The Hall–Kier alpha value is -7.16. The molecular formula is C70H68N2. The summed E-state index contributed by atoms with van der Waals surface area (Å²) in [4.78, 5) is 5.27. The van der Waals surface area contributed by atoms with Gasteiger partial charge in [-0.2, -0.15) is 0 Å². The second-order valence-corrected chi connectivity index (χ2v) is 22.3. The molecule has 10 aromatic carbocycles. The van der Waals surface area contributed by atoms with Gasteiger partial charge in [0.15, 0.2) is 0 Å². The van der Waals surface area contributed by atoms with Crippen LogP contribution in [0.3, 0.4) is 0 Å². The van der Waals surface area contributed by atoms with Crippen LogP contribution in [0.1, 0.15) is 125 Å². The first kappa shape index (κ1) is 45.9.